The van der Waals surface area contributed by atoms with Crippen LogP contribution in [0, 0.1) is 14.9 Å². The van der Waals surface area contributed by atoms with Gasteiger partial charge < -0.3 is 19.0 Å². The number of nitrogens with one attached hydrogen (secondary N) is 1. The summed E-state index contributed by atoms with van der Waals surface area (Å²) in [5, 5.41) is 10.9. The van der Waals surface area contributed by atoms with Gasteiger partial charge in [-0.15, -0.1) is 0 Å². The lowest BCUT2D eigenvalue weighted by atomic mass is 10.0. The number of aromatic nitrogens is 2. The quantitative estimate of drug-likeness (QED) is 0.384. The first-order valence-corrected chi connectivity index (χ1v) is 10.5. The maximum atomic E-state index is 10.9. The van der Waals surface area contributed by atoms with E-state index in [1.54, 1.807) is 6.07 Å². The normalized spacial score (nSPS) is 19.8. The molecule has 0 radical (unpaired) electrons. The van der Waals surface area contributed by atoms with Crippen LogP contribution >= 0.6 is 12.2 Å². The molecule has 9 heteroatoms. The van der Waals surface area contributed by atoms with Crippen molar-refractivity contribution in [1.82, 2.24) is 14.5 Å². The molecule has 5 rings (SSSR count). The van der Waals surface area contributed by atoms with Gasteiger partial charge in [0.2, 0.25) is 0 Å². The Labute approximate surface area is 178 Å². The van der Waals surface area contributed by atoms with E-state index in [4.69, 9.17) is 21.7 Å². The topological polar surface area (TPSA) is 85.6 Å². The molecule has 1 unspecified atom stereocenters. The first-order valence-electron chi connectivity index (χ1n) is 10.1. The number of para-hydroxylation sites is 2. The predicted octanol–water partition coefficient (Wildman–Crippen LogP) is 4.08. The minimum absolute atomic E-state index is 0.00811. The Balaban J connectivity index is 1.21. The minimum atomic E-state index is -0.431. The lowest BCUT2D eigenvalue weighted by Gasteiger charge is -2.36. The predicted molar refractivity (Wildman–Crippen MR) is 115 cm³/mol. The molecule has 156 valence electrons. The molecular formula is C21H22N4O4S. The summed E-state index contributed by atoms with van der Waals surface area (Å²) in [5.74, 6) is 1.00. The summed E-state index contributed by atoms with van der Waals surface area (Å²) in [6.07, 6.45) is 1.95. The number of fused-ring (bicyclic) bond motifs is 2. The zero-order chi connectivity index (χ0) is 20.7. The van der Waals surface area contributed by atoms with Gasteiger partial charge in [0.25, 0.3) is 5.69 Å². The molecule has 30 heavy (non-hydrogen) atoms. The number of rotatable bonds is 4. The number of nitro groups is 1. The number of ether oxygens (including phenoxy) is 2. The molecule has 1 fully saturated rings. The second kappa shape index (κ2) is 7.73. The summed E-state index contributed by atoms with van der Waals surface area (Å²) in [7, 11) is 0. The zero-order valence-electron chi connectivity index (χ0n) is 16.3. The fraction of sp³-hybridized carbons (Fsp3) is 0.381. The Hall–Kier alpha value is -2.91. The molecule has 2 aliphatic rings. The molecule has 2 aliphatic heterocycles. The highest BCUT2D eigenvalue weighted by Crippen LogP contribution is 2.35. The number of imidazole rings is 1. The summed E-state index contributed by atoms with van der Waals surface area (Å²) in [6, 6.07) is 13.1. The van der Waals surface area contributed by atoms with E-state index in [1.807, 2.05) is 12.1 Å². The van der Waals surface area contributed by atoms with Gasteiger partial charge in [-0.2, -0.15) is 0 Å². The number of likely N-dealkylation sites (tertiary alicyclic amines) is 1. The summed E-state index contributed by atoms with van der Waals surface area (Å²) >= 11 is 5.57. The van der Waals surface area contributed by atoms with Crippen LogP contribution < -0.4 is 9.47 Å². The molecule has 1 N–H and O–H groups in total. The highest BCUT2D eigenvalue weighted by molar-refractivity contribution is 7.71. The van der Waals surface area contributed by atoms with Gasteiger partial charge in [0.1, 0.15) is 12.7 Å². The second-order valence-corrected chi connectivity index (χ2v) is 8.17. The van der Waals surface area contributed by atoms with E-state index in [9.17, 15) is 10.1 Å². The van der Waals surface area contributed by atoms with E-state index >= 15 is 0 Å². The Morgan fingerprint density at radius 2 is 1.97 bits per heavy atom. The van der Waals surface area contributed by atoms with Crippen molar-refractivity contribution in [3.05, 3.63) is 57.3 Å². The van der Waals surface area contributed by atoms with Crippen LogP contribution in [0.1, 0.15) is 18.9 Å². The first-order chi connectivity index (χ1) is 14.6. The highest BCUT2D eigenvalue weighted by Gasteiger charge is 2.28. The number of non-ortho nitro benzene ring substituents is 1. The maximum Gasteiger partial charge on any atom is 0.273 e. The van der Waals surface area contributed by atoms with E-state index in [1.165, 1.54) is 12.1 Å². The van der Waals surface area contributed by atoms with Crippen molar-refractivity contribution in [3.8, 4) is 11.5 Å². The van der Waals surface area contributed by atoms with E-state index in [-0.39, 0.29) is 11.8 Å². The fourth-order valence-electron chi connectivity index (χ4n) is 4.39. The standard InChI is InChI=1S/C21H22N4O4S/c26-25(27)15-5-6-19-20(11-15)28-13-16(29-19)12-23-9-7-14(8-10-23)24-18-4-2-1-3-17(18)22-21(24)30/h1-6,11,14,16H,7-10,12-13H2,(H,22,30). The van der Waals surface area contributed by atoms with Gasteiger partial charge in [0.15, 0.2) is 16.3 Å². The third-order valence-corrected chi connectivity index (χ3v) is 6.16. The molecule has 8 nitrogen and oxygen atoms in total. The number of piperidine rings is 1. The van der Waals surface area contributed by atoms with E-state index in [0.717, 1.165) is 48.3 Å². The zero-order valence-corrected chi connectivity index (χ0v) is 17.1. The van der Waals surface area contributed by atoms with Gasteiger partial charge in [-0.1, -0.05) is 12.1 Å². The van der Waals surface area contributed by atoms with E-state index in [2.05, 4.69) is 26.6 Å². The number of hydrogen-bond acceptors (Lipinski definition) is 6. The molecule has 1 saturated heterocycles. The average molecular weight is 426 g/mol. The van der Waals surface area contributed by atoms with Crippen LogP contribution in [0.25, 0.3) is 11.0 Å². The molecule has 0 aliphatic carbocycles. The van der Waals surface area contributed by atoms with Crippen LogP contribution in [0.5, 0.6) is 11.5 Å². The molecule has 2 aromatic carbocycles. The van der Waals surface area contributed by atoms with Gasteiger partial charge in [0, 0.05) is 31.7 Å². The largest absolute Gasteiger partial charge is 0.486 e. The van der Waals surface area contributed by atoms with Crippen molar-refractivity contribution in [2.45, 2.75) is 25.0 Å². The second-order valence-electron chi connectivity index (χ2n) is 7.79. The monoisotopic (exact) mass is 426 g/mol. The minimum Gasteiger partial charge on any atom is -0.486 e. The molecule has 1 atom stereocenters. The lowest BCUT2D eigenvalue weighted by molar-refractivity contribution is -0.385. The van der Waals surface area contributed by atoms with Crippen LogP contribution in [0.2, 0.25) is 0 Å². The van der Waals surface area contributed by atoms with Crippen molar-refractivity contribution < 1.29 is 14.4 Å². The number of nitrogens with zero attached hydrogens (tertiary/aromatic N) is 3. The summed E-state index contributed by atoms with van der Waals surface area (Å²) in [5.41, 5.74) is 2.25. The Morgan fingerprint density at radius 1 is 1.17 bits per heavy atom. The Bertz CT molecular complexity index is 1150. The van der Waals surface area contributed by atoms with Gasteiger partial charge in [-0.05, 0) is 43.3 Å². The third-order valence-electron chi connectivity index (χ3n) is 5.86. The van der Waals surface area contributed by atoms with Crippen molar-refractivity contribution in [3.63, 3.8) is 0 Å². The van der Waals surface area contributed by atoms with Crippen LogP contribution in [0.15, 0.2) is 42.5 Å². The highest BCUT2D eigenvalue weighted by atomic mass is 32.1. The van der Waals surface area contributed by atoms with Crippen LogP contribution in [-0.4, -0.2) is 51.7 Å². The van der Waals surface area contributed by atoms with E-state index in [0.29, 0.717) is 24.1 Å². The van der Waals surface area contributed by atoms with Crippen LogP contribution in [0.4, 0.5) is 5.69 Å². The molecule has 3 heterocycles. The summed E-state index contributed by atoms with van der Waals surface area (Å²) < 4.78 is 14.8. The Morgan fingerprint density at radius 3 is 2.77 bits per heavy atom. The lowest BCUT2D eigenvalue weighted by Crippen LogP contribution is -2.44. The number of aromatic amines is 1. The molecule has 1 aromatic heterocycles. The molecule has 0 spiro atoms. The maximum absolute atomic E-state index is 10.9. The first kappa shape index (κ1) is 19.1. The van der Waals surface area contributed by atoms with Gasteiger partial charge in [-0.25, -0.2) is 0 Å². The molecule has 3 aromatic rings. The molecule has 0 bridgehead atoms. The number of hydrogen-bond donors (Lipinski definition) is 1. The summed E-state index contributed by atoms with van der Waals surface area (Å²) in [4.78, 5) is 16.2. The number of nitro benzene ring substituents is 1. The van der Waals surface area contributed by atoms with Gasteiger partial charge >= 0.3 is 0 Å². The van der Waals surface area contributed by atoms with E-state index < -0.39 is 4.92 Å². The van der Waals surface area contributed by atoms with Crippen molar-refractivity contribution >= 4 is 28.9 Å². The fourth-order valence-corrected chi connectivity index (χ4v) is 4.75. The van der Waals surface area contributed by atoms with Gasteiger partial charge in [-0.3, -0.25) is 15.0 Å². The van der Waals surface area contributed by atoms with Crippen molar-refractivity contribution in [2.24, 2.45) is 0 Å². The SMILES string of the molecule is O=[N+]([O-])c1ccc2c(c1)OCC(CN1CCC(n3c(=S)[nH]c4ccccc43)CC1)O2. The number of benzene rings is 2. The Kier molecular flexibility index (Phi) is 4.92. The van der Waals surface area contributed by atoms with Crippen LogP contribution in [-0.2, 0) is 0 Å². The summed E-state index contributed by atoms with van der Waals surface area (Å²) in [6.45, 7) is 3.07. The molecule has 0 saturated carbocycles. The number of H-pyrrole nitrogens is 1. The van der Waals surface area contributed by atoms with Crippen molar-refractivity contribution in [1.29, 1.82) is 0 Å². The van der Waals surface area contributed by atoms with Crippen molar-refractivity contribution in [2.75, 3.05) is 26.2 Å². The molecular weight excluding hydrogens is 404 g/mol. The smallest absolute Gasteiger partial charge is 0.273 e. The van der Waals surface area contributed by atoms with Gasteiger partial charge in [0.05, 0.1) is 22.0 Å². The molecule has 0 amide bonds. The third kappa shape index (κ3) is 3.54. The average Bonchev–Trinajstić information content (AvgIpc) is 3.09. The van der Waals surface area contributed by atoms with Crippen LogP contribution in [0.3, 0.4) is 0 Å².